The SMILES string of the molecule is COc1ccc(S(=O)(=O)Nc2cccc(-c3cn4cccnc4n3)c2)cc1C. The minimum Gasteiger partial charge on any atom is -0.496 e. The van der Waals surface area contributed by atoms with E-state index in [0.29, 0.717) is 22.9 Å². The molecule has 0 fully saturated rings. The average Bonchev–Trinajstić information content (AvgIpc) is 3.12. The van der Waals surface area contributed by atoms with Crippen molar-refractivity contribution in [3.05, 3.63) is 72.7 Å². The molecule has 0 spiro atoms. The van der Waals surface area contributed by atoms with E-state index in [1.165, 1.54) is 6.07 Å². The molecule has 0 unspecified atom stereocenters. The number of hydrogen-bond acceptors (Lipinski definition) is 5. The molecule has 0 radical (unpaired) electrons. The van der Waals surface area contributed by atoms with Gasteiger partial charge in [0.25, 0.3) is 10.0 Å². The largest absolute Gasteiger partial charge is 0.496 e. The quantitative estimate of drug-likeness (QED) is 0.560. The monoisotopic (exact) mass is 394 g/mol. The molecule has 0 saturated carbocycles. The zero-order chi connectivity index (χ0) is 19.7. The van der Waals surface area contributed by atoms with E-state index in [0.717, 1.165) is 11.1 Å². The fourth-order valence-electron chi connectivity index (χ4n) is 2.94. The molecule has 1 N–H and O–H groups in total. The molecule has 2 aromatic heterocycles. The predicted octanol–water partition coefficient (Wildman–Crippen LogP) is 3.51. The van der Waals surface area contributed by atoms with E-state index >= 15 is 0 Å². The molecule has 142 valence electrons. The molecule has 0 atom stereocenters. The Kier molecular flexibility index (Phi) is 4.48. The lowest BCUT2D eigenvalue weighted by Gasteiger charge is -2.11. The molecule has 0 saturated heterocycles. The van der Waals surface area contributed by atoms with Crippen LogP contribution in [0, 0.1) is 6.92 Å². The van der Waals surface area contributed by atoms with Crippen LogP contribution in [-0.2, 0) is 10.0 Å². The maximum absolute atomic E-state index is 12.8. The van der Waals surface area contributed by atoms with Crippen molar-refractivity contribution in [2.75, 3.05) is 11.8 Å². The minimum atomic E-state index is -3.73. The molecular weight excluding hydrogens is 376 g/mol. The van der Waals surface area contributed by atoms with E-state index in [4.69, 9.17) is 4.74 Å². The lowest BCUT2D eigenvalue weighted by molar-refractivity contribution is 0.411. The first-order chi connectivity index (χ1) is 13.5. The number of sulfonamides is 1. The Morgan fingerprint density at radius 1 is 1.11 bits per heavy atom. The Balaban J connectivity index is 1.65. The van der Waals surface area contributed by atoms with Crippen molar-refractivity contribution in [2.24, 2.45) is 0 Å². The number of rotatable bonds is 5. The van der Waals surface area contributed by atoms with Gasteiger partial charge in [-0.1, -0.05) is 12.1 Å². The van der Waals surface area contributed by atoms with E-state index in [1.807, 2.05) is 28.9 Å². The number of fused-ring (bicyclic) bond motifs is 1. The van der Waals surface area contributed by atoms with Gasteiger partial charge in [0.2, 0.25) is 5.78 Å². The number of nitrogens with zero attached hydrogens (tertiary/aromatic N) is 3. The van der Waals surface area contributed by atoms with E-state index in [-0.39, 0.29) is 4.90 Å². The third-order valence-electron chi connectivity index (χ3n) is 4.32. The van der Waals surface area contributed by atoms with Crippen molar-refractivity contribution >= 4 is 21.5 Å². The molecule has 4 aromatic rings. The second-order valence-corrected chi connectivity index (χ2v) is 7.95. The maximum atomic E-state index is 12.8. The van der Waals surface area contributed by atoms with Crippen LogP contribution in [0.4, 0.5) is 5.69 Å². The van der Waals surface area contributed by atoms with Gasteiger partial charge in [-0.15, -0.1) is 0 Å². The highest BCUT2D eigenvalue weighted by atomic mass is 32.2. The summed E-state index contributed by atoms with van der Waals surface area (Å²) in [6.45, 7) is 1.80. The number of anilines is 1. The summed E-state index contributed by atoms with van der Waals surface area (Å²) in [6, 6.07) is 13.7. The Bertz CT molecular complexity index is 1230. The molecule has 4 rings (SSSR count). The number of benzene rings is 2. The Morgan fingerprint density at radius 2 is 1.96 bits per heavy atom. The number of methoxy groups -OCH3 is 1. The third-order valence-corrected chi connectivity index (χ3v) is 5.70. The first-order valence-electron chi connectivity index (χ1n) is 8.54. The van der Waals surface area contributed by atoms with Crippen LogP contribution in [0.25, 0.3) is 17.0 Å². The minimum absolute atomic E-state index is 0.174. The number of aryl methyl sites for hydroxylation is 1. The van der Waals surface area contributed by atoms with Crippen LogP contribution in [-0.4, -0.2) is 29.9 Å². The second-order valence-electron chi connectivity index (χ2n) is 6.27. The van der Waals surface area contributed by atoms with Crippen molar-refractivity contribution in [3.8, 4) is 17.0 Å². The van der Waals surface area contributed by atoms with Gasteiger partial charge in [0.15, 0.2) is 0 Å². The van der Waals surface area contributed by atoms with Gasteiger partial charge in [-0.2, -0.15) is 0 Å². The van der Waals surface area contributed by atoms with Crippen LogP contribution < -0.4 is 9.46 Å². The fourth-order valence-corrected chi connectivity index (χ4v) is 4.08. The van der Waals surface area contributed by atoms with Crippen LogP contribution in [0.2, 0.25) is 0 Å². The molecule has 28 heavy (non-hydrogen) atoms. The van der Waals surface area contributed by atoms with E-state index in [9.17, 15) is 8.42 Å². The highest BCUT2D eigenvalue weighted by molar-refractivity contribution is 7.92. The van der Waals surface area contributed by atoms with Crippen molar-refractivity contribution in [2.45, 2.75) is 11.8 Å². The standard InChI is InChI=1S/C20H18N4O3S/c1-14-11-17(7-8-19(14)27-2)28(25,26)23-16-6-3-5-15(12-16)18-13-24-10-4-9-21-20(24)22-18/h3-13,23H,1-2H3. The summed E-state index contributed by atoms with van der Waals surface area (Å²) in [5.41, 5.74) is 2.70. The lowest BCUT2D eigenvalue weighted by atomic mass is 10.1. The molecule has 7 nitrogen and oxygen atoms in total. The molecule has 2 aromatic carbocycles. The summed E-state index contributed by atoms with van der Waals surface area (Å²) in [5, 5.41) is 0. The van der Waals surface area contributed by atoms with Crippen LogP contribution in [0.3, 0.4) is 0 Å². The van der Waals surface area contributed by atoms with Gasteiger partial charge in [0.05, 0.1) is 17.7 Å². The number of nitrogens with one attached hydrogen (secondary N) is 1. The second kappa shape index (κ2) is 6.97. The van der Waals surface area contributed by atoms with E-state index in [1.54, 1.807) is 50.6 Å². The van der Waals surface area contributed by atoms with Gasteiger partial charge in [0, 0.05) is 29.8 Å². The highest BCUT2D eigenvalue weighted by Crippen LogP contribution is 2.26. The van der Waals surface area contributed by atoms with Gasteiger partial charge in [-0.05, 0) is 48.9 Å². The summed E-state index contributed by atoms with van der Waals surface area (Å²) in [6.07, 6.45) is 5.38. The molecule has 0 aliphatic heterocycles. The summed E-state index contributed by atoms with van der Waals surface area (Å²) < 4.78 is 35.1. The summed E-state index contributed by atoms with van der Waals surface area (Å²) in [4.78, 5) is 8.85. The van der Waals surface area contributed by atoms with Crippen molar-refractivity contribution in [3.63, 3.8) is 0 Å². The predicted molar refractivity (Wildman–Crippen MR) is 107 cm³/mol. The van der Waals surface area contributed by atoms with Crippen molar-refractivity contribution in [1.29, 1.82) is 0 Å². The number of aromatic nitrogens is 3. The Morgan fingerprint density at radius 3 is 2.71 bits per heavy atom. The first kappa shape index (κ1) is 18.0. The number of imidazole rings is 1. The highest BCUT2D eigenvalue weighted by Gasteiger charge is 2.16. The van der Waals surface area contributed by atoms with Crippen molar-refractivity contribution < 1.29 is 13.2 Å². The molecule has 0 aliphatic rings. The molecular formula is C20H18N4O3S. The van der Waals surface area contributed by atoms with Gasteiger partial charge in [0.1, 0.15) is 5.75 Å². The zero-order valence-electron chi connectivity index (χ0n) is 15.3. The fraction of sp³-hybridized carbons (Fsp3) is 0.100. The van der Waals surface area contributed by atoms with Gasteiger partial charge >= 0.3 is 0 Å². The lowest BCUT2D eigenvalue weighted by Crippen LogP contribution is -2.13. The average molecular weight is 394 g/mol. The zero-order valence-corrected chi connectivity index (χ0v) is 16.1. The molecule has 0 aliphatic carbocycles. The van der Waals surface area contributed by atoms with Gasteiger partial charge in [-0.3, -0.25) is 9.12 Å². The number of hydrogen-bond donors (Lipinski definition) is 1. The molecule has 0 amide bonds. The Labute approximate surface area is 162 Å². The van der Waals surface area contributed by atoms with Gasteiger partial charge in [-0.25, -0.2) is 18.4 Å². The molecule has 8 heteroatoms. The summed E-state index contributed by atoms with van der Waals surface area (Å²) in [5.74, 6) is 1.22. The van der Waals surface area contributed by atoms with E-state index in [2.05, 4.69) is 14.7 Å². The number of ether oxygens (including phenoxy) is 1. The third kappa shape index (κ3) is 3.41. The van der Waals surface area contributed by atoms with Crippen LogP contribution in [0.1, 0.15) is 5.56 Å². The summed E-state index contributed by atoms with van der Waals surface area (Å²) in [7, 11) is -2.18. The Hall–Kier alpha value is -3.39. The van der Waals surface area contributed by atoms with Crippen LogP contribution >= 0.6 is 0 Å². The maximum Gasteiger partial charge on any atom is 0.261 e. The van der Waals surface area contributed by atoms with Crippen molar-refractivity contribution in [1.82, 2.24) is 14.4 Å². The topological polar surface area (TPSA) is 85.6 Å². The first-order valence-corrected chi connectivity index (χ1v) is 10.0. The normalized spacial score (nSPS) is 11.5. The van der Waals surface area contributed by atoms with E-state index < -0.39 is 10.0 Å². The van der Waals surface area contributed by atoms with Crippen LogP contribution in [0.5, 0.6) is 5.75 Å². The molecule has 0 bridgehead atoms. The smallest absolute Gasteiger partial charge is 0.261 e. The van der Waals surface area contributed by atoms with Crippen LogP contribution in [0.15, 0.2) is 72.0 Å². The summed E-state index contributed by atoms with van der Waals surface area (Å²) >= 11 is 0. The molecule has 2 heterocycles. The van der Waals surface area contributed by atoms with Gasteiger partial charge < -0.3 is 4.74 Å².